The third-order valence-corrected chi connectivity index (χ3v) is 7.55. The second kappa shape index (κ2) is 9.97. The molecule has 8 heteroatoms. The molecule has 0 unspecified atom stereocenters. The van der Waals surface area contributed by atoms with E-state index in [2.05, 4.69) is 53.2 Å². The third kappa shape index (κ3) is 5.37. The molecule has 1 fully saturated rings. The Hall–Kier alpha value is -2.16. The molecule has 4 rings (SSSR count). The van der Waals surface area contributed by atoms with Gasteiger partial charge in [-0.15, -0.1) is 21.5 Å². The van der Waals surface area contributed by atoms with Crippen molar-refractivity contribution in [1.29, 1.82) is 0 Å². The molecule has 164 valence electrons. The van der Waals surface area contributed by atoms with Crippen LogP contribution in [-0.2, 0) is 18.4 Å². The summed E-state index contributed by atoms with van der Waals surface area (Å²) in [5, 5.41) is 11.4. The Kier molecular flexibility index (Phi) is 7.09. The van der Waals surface area contributed by atoms with Crippen molar-refractivity contribution in [2.24, 2.45) is 7.05 Å². The summed E-state index contributed by atoms with van der Waals surface area (Å²) < 4.78 is 1.96. The topological polar surface area (TPSA) is 54.3 Å². The predicted octanol–water partition coefficient (Wildman–Crippen LogP) is 4.10. The van der Waals surface area contributed by atoms with Crippen molar-refractivity contribution in [3.05, 3.63) is 52.9 Å². The molecule has 2 aromatic heterocycles. The zero-order chi connectivity index (χ0) is 21.8. The van der Waals surface area contributed by atoms with E-state index in [1.807, 2.05) is 34.0 Å². The van der Waals surface area contributed by atoms with Gasteiger partial charge in [0.15, 0.2) is 11.0 Å². The minimum absolute atomic E-state index is 0.173. The lowest BCUT2D eigenvalue weighted by atomic mass is 10.0. The number of piperazine rings is 1. The Morgan fingerprint density at radius 3 is 2.48 bits per heavy atom. The van der Waals surface area contributed by atoms with Crippen LogP contribution in [0.15, 0.2) is 46.9 Å². The number of thioether (sulfide) groups is 1. The lowest BCUT2D eigenvalue weighted by Gasteiger charge is -2.34. The van der Waals surface area contributed by atoms with E-state index in [9.17, 15) is 4.79 Å². The van der Waals surface area contributed by atoms with Crippen molar-refractivity contribution >= 4 is 29.0 Å². The molecule has 0 spiro atoms. The van der Waals surface area contributed by atoms with Crippen LogP contribution in [0.2, 0.25) is 0 Å². The van der Waals surface area contributed by atoms with Crippen LogP contribution in [0.25, 0.3) is 10.7 Å². The number of carbonyl (C=O) groups is 1. The molecule has 6 nitrogen and oxygen atoms in total. The van der Waals surface area contributed by atoms with Gasteiger partial charge in [-0.05, 0) is 28.5 Å². The Morgan fingerprint density at radius 2 is 1.84 bits per heavy atom. The summed E-state index contributed by atoms with van der Waals surface area (Å²) in [6.45, 7) is 8.77. The minimum atomic E-state index is 0.173. The van der Waals surface area contributed by atoms with Crippen LogP contribution in [0.4, 0.5) is 0 Å². The van der Waals surface area contributed by atoms with E-state index in [1.54, 1.807) is 11.3 Å². The molecule has 1 aliphatic rings. The van der Waals surface area contributed by atoms with E-state index >= 15 is 0 Å². The van der Waals surface area contributed by atoms with Crippen molar-refractivity contribution in [3.8, 4) is 10.7 Å². The fraction of sp³-hybridized carbons (Fsp3) is 0.435. The van der Waals surface area contributed by atoms with Gasteiger partial charge in [0.05, 0.1) is 10.6 Å². The predicted molar refractivity (Wildman–Crippen MR) is 127 cm³/mol. The zero-order valence-corrected chi connectivity index (χ0v) is 20.0. The van der Waals surface area contributed by atoms with Crippen molar-refractivity contribution < 1.29 is 4.79 Å². The normalized spacial score (nSPS) is 15.0. The maximum absolute atomic E-state index is 12.7. The fourth-order valence-corrected chi connectivity index (χ4v) is 5.26. The highest BCUT2D eigenvalue weighted by atomic mass is 32.2. The molecule has 0 atom stereocenters. The smallest absolute Gasteiger partial charge is 0.233 e. The number of hydrogen-bond donors (Lipinski definition) is 0. The molecule has 3 heterocycles. The number of carbonyl (C=O) groups excluding carboxylic acids is 1. The first kappa shape index (κ1) is 22.0. The first-order valence-electron chi connectivity index (χ1n) is 10.7. The maximum atomic E-state index is 12.7. The van der Waals surface area contributed by atoms with Crippen LogP contribution in [-0.4, -0.2) is 62.4 Å². The molecule has 1 saturated heterocycles. The number of amides is 1. The van der Waals surface area contributed by atoms with Gasteiger partial charge in [0, 0.05) is 39.8 Å². The van der Waals surface area contributed by atoms with Crippen LogP contribution >= 0.6 is 23.1 Å². The summed E-state index contributed by atoms with van der Waals surface area (Å²) in [4.78, 5) is 18.2. The van der Waals surface area contributed by atoms with Gasteiger partial charge in [0.25, 0.3) is 0 Å². The zero-order valence-electron chi connectivity index (χ0n) is 18.3. The van der Waals surface area contributed by atoms with Gasteiger partial charge < -0.3 is 9.47 Å². The van der Waals surface area contributed by atoms with Crippen LogP contribution in [0.5, 0.6) is 0 Å². The lowest BCUT2D eigenvalue weighted by Crippen LogP contribution is -2.48. The SMILES string of the molecule is CC(C)c1ccc(CN2CCN(C(=O)CSc3nnc(-c4cccs4)n3C)CC2)cc1. The number of aromatic nitrogens is 3. The van der Waals surface area contributed by atoms with Gasteiger partial charge in [-0.3, -0.25) is 9.69 Å². The minimum Gasteiger partial charge on any atom is -0.339 e. The van der Waals surface area contributed by atoms with Gasteiger partial charge in [-0.25, -0.2) is 0 Å². The van der Waals surface area contributed by atoms with Crippen molar-refractivity contribution in [2.45, 2.75) is 31.5 Å². The molecule has 1 aromatic carbocycles. The maximum Gasteiger partial charge on any atom is 0.233 e. The van der Waals surface area contributed by atoms with Crippen LogP contribution in [0.1, 0.15) is 30.9 Å². The highest BCUT2D eigenvalue weighted by Gasteiger charge is 2.22. The number of benzene rings is 1. The van der Waals surface area contributed by atoms with E-state index in [4.69, 9.17) is 0 Å². The summed E-state index contributed by atoms with van der Waals surface area (Å²) in [6.07, 6.45) is 0. The third-order valence-electron chi connectivity index (χ3n) is 5.68. The van der Waals surface area contributed by atoms with Crippen LogP contribution in [0, 0.1) is 0 Å². The summed E-state index contributed by atoms with van der Waals surface area (Å²) >= 11 is 3.10. The molecule has 3 aromatic rings. The summed E-state index contributed by atoms with van der Waals surface area (Å²) in [5.41, 5.74) is 2.71. The largest absolute Gasteiger partial charge is 0.339 e. The van der Waals surface area contributed by atoms with Gasteiger partial charge in [-0.2, -0.15) is 0 Å². The molecule has 1 amide bonds. The number of rotatable bonds is 7. The van der Waals surface area contributed by atoms with E-state index < -0.39 is 0 Å². The highest BCUT2D eigenvalue weighted by Crippen LogP contribution is 2.26. The molecular formula is C23H29N5OS2. The first-order chi connectivity index (χ1) is 15.0. The standard InChI is InChI=1S/C23H29N5OS2/c1-17(2)19-8-6-18(7-9-19)15-27-10-12-28(13-11-27)21(29)16-31-23-25-24-22(26(23)3)20-5-4-14-30-20/h4-9,14,17H,10-13,15-16H2,1-3H3. The van der Waals surface area contributed by atoms with Crippen molar-refractivity contribution in [1.82, 2.24) is 24.6 Å². The molecule has 0 aliphatic carbocycles. The highest BCUT2D eigenvalue weighted by molar-refractivity contribution is 7.99. The van der Waals surface area contributed by atoms with E-state index in [1.165, 1.54) is 22.9 Å². The Morgan fingerprint density at radius 1 is 1.10 bits per heavy atom. The number of thiophene rings is 1. The van der Waals surface area contributed by atoms with Crippen molar-refractivity contribution in [2.75, 3.05) is 31.9 Å². The summed E-state index contributed by atoms with van der Waals surface area (Å²) in [7, 11) is 1.95. The van der Waals surface area contributed by atoms with E-state index in [0.29, 0.717) is 11.7 Å². The molecule has 31 heavy (non-hydrogen) atoms. The Bertz CT molecular complexity index is 990. The van der Waals surface area contributed by atoms with Gasteiger partial charge in [-0.1, -0.05) is 55.9 Å². The molecule has 0 saturated carbocycles. The first-order valence-corrected chi connectivity index (χ1v) is 12.5. The molecule has 0 bridgehead atoms. The molecular weight excluding hydrogens is 426 g/mol. The second-order valence-corrected chi connectivity index (χ2v) is 10.1. The lowest BCUT2D eigenvalue weighted by molar-refractivity contribution is -0.130. The van der Waals surface area contributed by atoms with E-state index in [0.717, 1.165) is 48.6 Å². The summed E-state index contributed by atoms with van der Waals surface area (Å²) in [5.74, 6) is 1.98. The van der Waals surface area contributed by atoms with Crippen LogP contribution < -0.4 is 0 Å². The van der Waals surface area contributed by atoms with Gasteiger partial charge >= 0.3 is 0 Å². The Balaban J connectivity index is 1.24. The molecule has 1 aliphatic heterocycles. The summed E-state index contributed by atoms with van der Waals surface area (Å²) in [6, 6.07) is 13.0. The van der Waals surface area contributed by atoms with Crippen LogP contribution in [0.3, 0.4) is 0 Å². The number of nitrogens with zero attached hydrogens (tertiary/aromatic N) is 5. The van der Waals surface area contributed by atoms with Gasteiger partial charge in [0.2, 0.25) is 5.91 Å². The monoisotopic (exact) mass is 455 g/mol. The van der Waals surface area contributed by atoms with E-state index in [-0.39, 0.29) is 5.91 Å². The van der Waals surface area contributed by atoms with Crippen molar-refractivity contribution in [3.63, 3.8) is 0 Å². The van der Waals surface area contributed by atoms with Gasteiger partial charge in [0.1, 0.15) is 0 Å². The quantitative estimate of drug-likeness (QED) is 0.502. The molecule has 0 N–H and O–H groups in total. The fourth-order valence-electron chi connectivity index (χ4n) is 3.70. The molecule has 0 radical (unpaired) electrons. The second-order valence-electron chi connectivity index (χ2n) is 8.18. The average molecular weight is 456 g/mol. The number of hydrogen-bond acceptors (Lipinski definition) is 6. The Labute approximate surface area is 192 Å². The average Bonchev–Trinajstić information content (AvgIpc) is 3.43.